The van der Waals surface area contributed by atoms with Crippen LogP contribution in [0.3, 0.4) is 0 Å². The Morgan fingerprint density at radius 2 is 1.89 bits per heavy atom. The van der Waals surface area contributed by atoms with E-state index in [1.54, 1.807) is 0 Å². The molecule has 0 amide bonds. The lowest BCUT2D eigenvalue weighted by Crippen LogP contribution is -2.21. The molecule has 0 unspecified atom stereocenters. The van der Waals surface area contributed by atoms with Crippen LogP contribution in [0.25, 0.3) is 0 Å². The summed E-state index contributed by atoms with van der Waals surface area (Å²) in [5.74, 6) is 0. The summed E-state index contributed by atoms with van der Waals surface area (Å²) in [6.07, 6.45) is 0. The number of amidine groups is 1. The number of aliphatic imine (C=N–C) groups is 1. The first-order valence-corrected chi connectivity index (χ1v) is 2.85. The van der Waals surface area contributed by atoms with Gasteiger partial charge in [0.25, 0.3) is 6.02 Å². The second kappa shape index (κ2) is 2.71. The molecule has 0 aliphatic carbocycles. The van der Waals surface area contributed by atoms with E-state index in [4.69, 9.17) is 5.73 Å². The zero-order valence-corrected chi connectivity index (χ0v) is 6.43. The highest BCUT2D eigenvalue weighted by molar-refractivity contribution is 5.71. The second-order valence-electron chi connectivity index (χ2n) is 2.82. The maximum atomic E-state index is 5.29. The van der Waals surface area contributed by atoms with E-state index < -0.39 is 0 Å². The van der Waals surface area contributed by atoms with E-state index in [1.165, 1.54) is 7.11 Å². The van der Waals surface area contributed by atoms with Gasteiger partial charge < -0.3 is 10.5 Å². The predicted molar refractivity (Wildman–Crippen MR) is 38.4 cm³/mol. The van der Waals surface area contributed by atoms with Crippen LogP contribution in [0.1, 0.15) is 20.8 Å². The molecule has 2 N–H and O–H groups in total. The van der Waals surface area contributed by atoms with Crippen molar-refractivity contribution in [3.05, 3.63) is 0 Å². The summed E-state index contributed by atoms with van der Waals surface area (Å²) < 4.78 is 4.65. The first kappa shape index (κ1) is 8.27. The van der Waals surface area contributed by atoms with Crippen LogP contribution in [0.4, 0.5) is 0 Å². The van der Waals surface area contributed by atoms with E-state index in [1.807, 2.05) is 20.8 Å². The van der Waals surface area contributed by atoms with Gasteiger partial charge in [-0.25, -0.2) is 4.99 Å². The van der Waals surface area contributed by atoms with Crippen LogP contribution >= 0.6 is 0 Å². The van der Waals surface area contributed by atoms with Gasteiger partial charge in [0, 0.05) is 0 Å². The van der Waals surface area contributed by atoms with Gasteiger partial charge in [0.1, 0.15) is 0 Å². The average molecular weight is 130 g/mol. The maximum absolute atomic E-state index is 5.29. The largest absolute Gasteiger partial charge is 0.469 e. The van der Waals surface area contributed by atoms with Gasteiger partial charge in [-0.05, 0) is 20.8 Å². The Bertz CT molecular complexity index is 113. The fourth-order valence-corrected chi connectivity index (χ4v) is 0.376. The van der Waals surface area contributed by atoms with E-state index in [2.05, 4.69) is 9.73 Å². The molecule has 0 aromatic carbocycles. The van der Waals surface area contributed by atoms with Gasteiger partial charge in [0.05, 0.1) is 12.6 Å². The molecule has 0 aromatic heterocycles. The summed E-state index contributed by atoms with van der Waals surface area (Å²) in [6.45, 7) is 5.87. The molecule has 0 atom stereocenters. The Morgan fingerprint density at radius 3 is 2.00 bits per heavy atom. The summed E-state index contributed by atoms with van der Waals surface area (Å²) in [7, 11) is 1.50. The molecule has 0 bridgehead atoms. The van der Waals surface area contributed by atoms with Gasteiger partial charge in [-0.1, -0.05) is 0 Å². The van der Waals surface area contributed by atoms with Crippen LogP contribution < -0.4 is 5.73 Å². The van der Waals surface area contributed by atoms with E-state index in [0.717, 1.165) is 0 Å². The van der Waals surface area contributed by atoms with Gasteiger partial charge in [-0.15, -0.1) is 0 Å². The standard InChI is InChI=1S/C6H14N2O/c1-6(2,3)8-5(7)9-4/h1-4H3,(H2,7,8). The smallest absolute Gasteiger partial charge is 0.282 e. The first-order valence-electron chi connectivity index (χ1n) is 2.85. The molecule has 3 heteroatoms. The van der Waals surface area contributed by atoms with Crippen molar-refractivity contribution >= 4 is 6.02 Å². The van der Waals surface area contributed by atoms with Gasteiger partial charge in [0.2, 0.25) is 0 Å². The topological polar surface area (TPSA) is 47.6 Å². The molecule has 0 aliphatic rings. The molecule has 0 fully saturated rings. The fourth-order valence-electron chi connectivity index (χ4n) is 0.376. The highest BCUT2D eigenvalue weighted by Crippen LogP contribution is 2.05. The lowest BCUT2D eigenvalue weighted by molar-refractivity contribution is 0.384. The van der Waals surface area contributed by atoms with Crippen molar-refractivity contribution in [2.45, 2.75) is 26.3 Å². The van der Waals surface area contributed by atoms with Crippen LogP contribution in [0.2, 0.25) is 0 Å². The minimum Gasteiger partial charge on any atom is -0.469 e. The fraction of sp³-hybridized carbons (Fsp3) is 0.833. The summed E-state index contributed by atoms with van der Waals surface area (Å²) >= 11 is 0. The molecule has 9 heavy (non-hydrogen) atoms. The number of nitrogens with zero attached hydrogens (tertiary/aromatic N) is 1. The van der Waals surface area contributed by atoms with Crippen molar-refractivity contribution in [2.75, 3.05) is 7.11 Å². The van der Waals surface area contributed by atoms with E-state index >= 15 is 0 Å². The molecule has 0 rings (SSSR count). The third-order valence-electron chi connectivity index (χ3n) is 0.655. The molecule has 0 heterocycles. The number of ether oxygens (including phenoxy) is 1. The highest BCUT2D eigenvalue weighted by atomic mass is 16.5. The molecule has 0 aromatic rings. The molecule has 0 saturated carbocycles. The van der Waals surface area contributed by atoms with Crippen molar-refractivity contribution < 1.29 is 4.74 Å². The summed E-state index contributed by atoms with van der Waals surface area (Å²) in [4.78, 5) is 4.00. The number of hydrogen-bond donors (Lipinski definition) is 1. The minimum absolute atomic E-state index is 0.139. The Labute approximate surface area is 55.9 Å². The number of methoxy groups -OCH3 is 1. The van der Waals surface area contributed by atoms with Crippen molar-refractivity contribution in [1.82, 2.24) is 0 Å². The zero-order valence-electron chi connectivity index (χ0n) is 6.43. The Hall–Kier alpha value is -0.730. The van der Waals surface area contributed by atoms with E-state index in [0.29, 0.717) is 0 Å². The van der Waals surface area contributed by atoms with Crippen LogP contribution in [0, 0.1) is 0 Å². The Balaban J connectivity index is 3.95. The van der Waals surface area contributed by atoms with Gasteiger partial charge in [0.15, 0.2) is 0 Å². The highest BCUT2D eigenvalue weighted by Gasteiger charge is 2.07. The number of nitrogens with two attached hydrogens (primary N) is 1. The third kappa shape index (κ3) is 5.14. The lowest BCUT2D eigenvalue weighted by atomic mass is 10.1. The summed E-state index contributed by atoms with van der Waals surface area (Å²) in [6, 6.07) is 0.238. The van der Waals surface area contributed by atoms with E-state index in [9.17, 15) is 0 Å². The maximum Gasteiger partial charge on any atom is 0.282 e. The van der Waals surface area contributed by atoms with Crippen molar-refractivity contribution in [3.63, 3.8) is 0 Å². The van der Waals surface area contributed by atoms with Crippen molar-refractivity contribution in [1.29, 1.82) is 0 Å². The average Bonchev–Trinajstić information content (AvgIpc) is 1.62. The number of hydrogen-bond acceptors (Lipinski definition) is 2. The molecular weight excluding hydrogens is 116 g/mol. The first-order chi connectivity index (χ1) is 3.95. The molecule has 0 aliphatic heterocycles. The Kier molecular flexibility index (Phi) is 2.49. The van der Waals surface area contributed by atoms with Gasteiger partial charge in [-0.2, -0.15) is 0 Å². The van der Waals surface area contributed by atoms with Crippen LogP contribution in [0.5, 0.6) is 0 Å². The third-order valence-corrected chi connectivity index (χ3v) is 0.655. The second-order valence-corrected chi connectivity index (χ2v) is 2.82. The van der Waals surface area contributed by atoms with Crippen LogP contribution in [0.15, 0.2) is 4.99 Å². The predicted octanol–water partition coefficient (Wildman–Crippen LogP) is 0.746. The van der Waals surface area contributed by atoms with Gasteiger partial charge in [-0.3, -0.25) is 0 Å². The van der Waals surface area contributed by atoms with E-state index in [-0.39, 0.29) is 11.6 Å². The quantitative estimate of drug-likeness (QED) is 0.388. The monoisotopic (exact) mass is 130 g/mol. The molecule has 0 radical (unpaired) electrons. The van der Waals surface area contributed by atoms with Crippen LogP contribution in [-0.4, -0.2) is 18.7 Å². The molecular formula is C6H14N2O. The Morgan fingerprint density at radius 1 is 1.44 bits per heavy atom. The summed E-state index contributed by atoms with van der Waals surface area (Å²) in [5, 5.41) is 0. The SMILES string of the molecule is COC(N)=NC(C)(C)C. The number of rotatable bonds is 0. The minimum atomic E-state index is -0.139. The normalized spacial score (nSPS) is 13.6. The van der Waals surface area contributed by atoms with Crippen molar-refractivity contribution in [3.8, 4) is 0 Å². The molecule has 54 valence electrons. The van der Waals surface area contributed by atoms with Gasteiger partial charge >= 0.3 is 0 Å². The lowest BCUT2D eigenvalue weighted by Gasteiger charge is -2.11. The summed E-state index contributed by atoms with van der Waals surface area (Å²) in [5.41, 5.74) is 5.15. The van der Waals surface area contributed by atoms with Crippen molar-refractivity contribution in [2.24, 2.45) is 10.7 Å². The van der Waals surface area contributed by atoms with Crippen LogP contribution in [-0.2, 0) is 4.74 Å². The molecule has 0 spiro atoms. The molecule has 0 saturated heterocycles. The molecule has 3 nitrogen and oxygen atoms in total. The zero-order chi connectivity index (χ0) is 7.49.